The Bertz CT molecular complexity index is 367. The van der Waals surface area contributed by atoms with Crippen molar-refractivity contribution in [3.8, 4) is 5.75 Å². The second kappa shape index (κ2) is 6.62. The van der Waals surface area contributed by atoms with Gasteiger partial charge in [0.1, 0.15) is 5.75 Å². The maximum absolute atomic E-state index is 11.9. The summed E-state index contributed by atoms with van der Waals surface area (Å²) in [5, 5.41) is 5.83. The summed E-state index contributed by atoms with van der Waals surface area (Å²) in [7, 11) is 3.38. The second-order valence-electron chi connectivity index (χ2n) is 3.04. The molecule has 0 bridgehead atoms. The van der Waals surface area contributed by atoms with Gasteiger partial charge >= 0.3 is 6.61 Å². The number of nitrogens with one attached hydrogen (secondary N) is 2. The first kappa shape index (κ1) is 13.1. The fourth-order valence-electron chi connectivity index (χ4n) is 1.14. The van der Waals surface area contributed by atoms with Crippen LogP contribution in [0.25, 0.3) is 0 Å². The number of alkyl halides is 2. The normalized spacial score (nSPS) is 11.5. The summed E-state index contributed by atoms with van der Waals surface area (Å²) >= 11 is 0. The van der Waals surface area contributed by atoms with Crippen LogP contribution in [0.15, 0.2) is 23.3 Å². The second-order valence-corrected chi connectivity index (χ2v) is 3.04. The molecule has 0 atom stereocenters. The van der Waals surface area contributed by atoms with E-state index < -0.39 is 6.61 Å². The fraction of sp³-hybridized carbons (Fsp3) is 0.400. The molecule has 94 valence electrons. The molecule has 0 spiro atoms. The third-order valence-corrected chi connectivity index (χ3v) is 1.92. The molecule has 1 aromatic heterocycles. The van der Waals surface area contributed by atoms with Gasteiger partial charge < -0.3 is 15.4 Å². The highest BCUT2D eigenvalue weighted by Crippen LogP contribution is 2.12. The van der Waals surface area contributed by atoms with E-state index in [1.54, 1.807) is 20.2 Å². The molecule has 0 saturated carbocycles. The Labute approximate surface area is 97.9 Å². The molecule has 1 rings (SSSR count). The number of pyridine rings is 1. The topological polar surface area (TPSA) is 58.5 Å². The highest BCUT2D eigenvalue weighted by Gasteiger charge is 2.04. The highest BCUT2D eigenvalue weighted by molar-refractivity contribution is 5.79. The lowest BCUT2D eigenvalue weighted by molar-refractivity contribution is -0.0500. The van der Waals surface area contributed by atoms with Gasteiger partial charge in [-0.1, -0.05) is 0 Å². The Morgan fingerprint density at radius 2 is 2.29 bits per heavy atom. The highest BCUT2D eigenvalue weighted by atomic mass is 19.3. The van der Waals surface area contributed by atoms with Crippen LogP contribution in [0.2, 0.25) is 0 Å². The number of rotatable bonds is 4. The predicted octanol–water partition coefficient (Wildman–Crippen LogP) is 0.978. The Balaban J connectivity index is 2.51. The molecule has 5 nitrogen and oxygen atoms in total. The zero-order chi connectivity index (χ0) is 12.7. The molecule has 1 aromatic rings. The molecule has 2 N–H and O–H groups in total. The van der Waals surface area contributed by atoms with Gasteiger partial charge in [-0.25, -0.2) is 0 Å². The Hall–Kier alpha value is -1.92. The van der Waals surface area contributed by atoms with Crippen LogP contribution in [0.1, 0.15) is 5.69 Å². The van der Waals surface area contributed by atoms with Crippen LogP contribution in [0.5, 0.6) is 5.75 Å². The molecule has 17 heavy (non-hydrogen) atoms. The van der Waals surface area contributed by atoms with Crippen molar-refractivity contribution in [1.29, 1.82) is 0 Å². The molecule has 0 aromatic carbocycles. The van der Waals surface area contributed by atoms with Gasteiger partial charge in [0.25, 0.3) is 0 Å². The zero-order valence-corrected chi connectivity index (χ0v) is 9.58. The van der Waals surface area contributed by atoms with Crippen LogP contribution in [0, 0.1) is 0 Å². The summed E-state index contributed by atoms with van der Waals surface area (Å²) in [6, 6.07) is 3.05. The standard InChI is InChI=1S/C10H14F2N4O/c1-13-10(14-2)16-5-7-3-4-8(6-15-7)17-9(11)12/h3-4,6,9H,5H2,1-2H3,(H2,13,14,16). The number of ether oxygens (including phenoxy) is 1. The van der Waals surface area contributed by atoms with Gasteiger partial charge in [-0.05, 0) is 12.1 Å². The molecule has 0 saturated heterocycles. The van der Waals surface area contributed by atoms with Gasteiger partial charge in [-0.2, -0.15) is 8.78 Å². The Kier molecular flexibility index (Phi) is 5.12. The average molecular weight is 244 g/mol. The number of nitrogens with zero attached hydrogens (tertiary/aromatic N) is 2. The molecule has 7 heteroatoms. The van der Waals surface area contributed by atoms with Crippen molar-refractivity contribution in [2.24, 2.45) is 4.99 Å². The summed E-state index contributed by atoms with van der Waals surface area (Å²) in [4.78, 5) is 7.89. The van der Waals surface area contributed by atoms with Crippen LogP contribution < -0.4 is 15.4 Å². The first-order valence-electron chi connectivity index (χ1n) is 4.94. The van der Waals surface area contributed by atoms with E-state index >= 15 is 0 Å². The number of aromatic nitrogens is 1. The van der Waals surface area contributed by atoms with Gasteiger partial charge in [0.2, 0.25) is 0 Å². The number of hydrogen-bond acceptors (Lipinski definition) is 3. The lowest BCUT2D eigenvalue weighted by atomic mass is 10.3. The Morgan fingerprint density at radius 3 is 2.76 bits per heavy atom. The van der Waals surface area contributed by atoms with Crippen LogP contribution in [0.4, 0.5) is 8.78 Å². The van der Waals surface area contributed by atoms with Crippen molar-refractivity contribution >= 4 is 5.96 Å². The fourth-order valence-corrected chi connectivity index (χ4v) is 1.14. The minimum absolute atomic E-state index is 0.0433. The first-order chi connectivity index (χ1) is 8.15. The van der Waals surface area contributed by atoms with Crippen molar-refractivity contribution in [2.45, 2.75) is 13.2 Å². The van der Waals surface area contributed by atoms with Crippen LogP contribution in [-0.4, -0.2) is 31.7 Å². The van der Waals surface area contributed by atoms with Crippen molar-refractivity contribution < 1.29 is 13.5 Å². The van der Waals surface area contributed by atoms with Gasteiger partial charge in [0, 0.05) is 14.1 Å². The molecular formula is C10H14F2N4O. The maximum Gasteiger partial charge on any atom is 0.387 e. The molecular weight excluding hydrogens is 230 g/mol. The van der Waals surface area contributed by atoms with E-state index in [2.05, 4.69) is 25.3 Å². The third kappa shape index (κ3) is 4.62. The summed E-state index contributed by atoms with van der Waals surface area (Å²) in [6.07, 6.45) is 1.26. The van der Waals surface area contributed by atoms with Crippen LogP contribution >= 0.6 is 0 Å². The molecule has 0 radical (unpaired) electrons. The minimum atomic E-state index is -2.83. The van der Waals surface area contributed by atoms with Crippen molar-refractivity contribution in [3.05, 3.63) is 24.0 Å². The zero-order valence-electron chi connectivity index (χ0n) is 9.58. The quantitative estimate of drug-likeness (QED) is 0.612. The lowest BCUT2D eigenvalue weighted by Crippen LogP contribution is -2.34. The molecule has 1 heterocycles. The summed E-state index contributed by atoms with van der Waals surface area (Å²) in [5.74, 6) is 0.668. The van der Waals surface area contributed by atoms with Crippen LogP contribution in [-0.2, 0) is 6.54 Å². The summed E-state index contributed by atoms with van der Waals surface area (Å²) in [5.41, 5.74) is 0.697. The van der Waals surface area contributed by atoms with E-state index in [1.807, 2.05) is 0 Å². The van der Waals surface area contributed by atoms with Crippen LogP contribution in [0.3, 0.4) is 0 Å². The van der Waals surface area contributed by atoms with Crippen molar-refractivity contribution in [1.82, 2.24) is 15.6 Å². The first-order valence-corrected chi connectivity index (χ1v) is 4.94. The maximum atomic E-state index is 11.9. The lowest BCUT2D eigenvalue weighted by Gasteiger charge is -2.08. The van der Waals surface area contributed by atoms with Crippen molar-refractivity contribution in [2.75, 3.05) is 14.1 Å². The smallest absolute Gasteiger partial charge is 0.387 e. The largest absolute Gasteiger partial charge is 0.433 e. The average Bonchev–Trinajstić information content (AvgIpc) is 2.32. The van der Waals surface area contributed by atoms with Gasteiger partial charge in [0.05, 0.1) is 18.4 Å². The SMILES string of the molecule is CN=C(NC)NCc1ccc(OC(F)F)cn1. The van der Waals surface area contributed by atoms with E-state index in [1.165, 1.54) is 12.3 Å². The van der Waals surface area contributed by atoms with E-state index in [4.69, 9.17) is 0 Å². The summed E-state index contributed by atoms with van der Waals surface area (Å²) < 4.78 is 27.9. The number of guanidine groups is 1. The van der Waals surface area contributed by atoms with Crippen molar-refractivity contribution in [3.63, 3.8) is 0 Å². The molecule has 0 amide bonds. The summed E-state index contributed by atoms with van der Waals surface area (Å²) in [6.45, 7) is -2.38. The predicted molar refractivity (Wildman–Crippen MR) is 60.1 cm³/mol. The molecule has 0 unspecified atom stereocenters. The van der Waals surface area contributed by atoms with Gasteiger partial charge in [-0.15, -0.1) is 0 Å². The van der Waals surface area contributed by atoms with E-state index in [-0.39, 0.29) is 5.75 Å². The number of aliphatic imine (C=N–C) groups is 1. The Morgan fingerprint density at radius 1 is 1.53 bits per heavy atom. The van der Waals surface area contributed by atoms with E-state index in [0.29, 0.717) is 18.2 Å². The number of hydrogen-bond donors (Lipinski definition) is 2. The van der Waals surface area contributed by atoms with E-state index in [9.17, 15) is 8.78 Å². The third-order valence-electron chi connectivity index (χ3n) is 1.92. The van der Waals surface area contributed by atoms with E-state index in [0.717, 1.165) is 0 Å². The molecule has 0 aliphatic rings. The minimum Gasteiger partial charge on any atom is -0.433 e. The monoisotopic (exact) mass is 244 g/mol. The molecule has 0 fully saturated rings. The number of halogens is 2. The van der Waals surface area contributed by atoms with Gasteiger partial charge in [0.15, 0.2) is 5.96 Å². The van der Waals surface area contributed by atoms with Gasteiger partial charge in [-0.3, -0.25) is 9.98 Å². The molecule has 0 aliphatic heterocycles. The molecule has 0 aliphatic carbocycles.